The number of carbonyl (C=O) groups is 1. The molecule has 3 N–H and O–H groups in total. The van der Waals surface area contributed by atoms with Crippen molar-refractivity contribution in [3.8, 4) is 0 Å². The fourth-order valence-corrected chi connectivity index (χ4v) is 2.44. The number of carboxylic acids is 1. The Morgan fingerprint density at radius 1 is 1.71 bits per heavy atom. The fraction of sp³-hybridized carbons (Fsp3) is 0.700. The van der Waals surface area contributed by atoms with E-state index >= 15 is 0 Å². The minimum Gasteiger partial charge on any atom is -0.480 e. The average molecular weight is 258 g/mol. The van der Waals surface area contributed by atoms with Crippen LogP contribution >= 0.6 is 11.8 Å². The van der Waals surface area contributed by atoms with Crippen molar-refractivity contribution in [1.82, 2.24) is 20.5 Å². The van der Waals surface area contributed by atoms with Gasteiger partial charge in [0.25, 0.3) is 0 Å². The number of H-pyrrole nitrogens is 1. The predicted molar refractivity (Wildman–Crippen MR) is 66.0 cm³/mol. The summed E-state index contributed by atoms with van der Waals surface area (Å²) < 4.78 is 0. The molecule has 1 rings (SSSR count). The minimum atomic E-state index is -0.902. The lowest BCUT2D eigenvalue weighted by Gasteiger charge is -2.28. The Labute approximate surface area is 105 Å². The minimum absolute atomic E-state index is 0.131. The molecule has 0 radical (unpaired) electrons. The van der Waals surface area contributed by atoms with Crippen molar-refractivity contribution in [1.29, 1.82) is 0 Å². The first-order chi connectivity index (χ1) is 7.94. The zero-order valence-corrected chi connectivity index (χ0v) is 11.0. The van der Waals surface area contributed by atoms with Gasteiger partial charge < -0.3 is 5.11 Å². The van der Waals surface area contributed by atoms with Crippen LogP contribution in [0, 0.1) is 0 Å². The maximum Gasteiger partial charge on any atom is 0.323 e. The van der Waals surface area contributed by atoms with E-state index in [0.29, 0.717) is 17.3 Å². The van der Waals surface area contributed by atoms with Crippen LogP contribution in [0.3, 0.4) is 0 Å². The van der Waals surface area contributed by atoms with Gasteiger partial charge in [-0.15, -0.1) is 0 Å². The molecule has 1 heterocycles. The number of carboxylic acid groups (broad SMARTS) is 1. The Hall–Kier alpha value is -1.08. The molecular weight excluding hydrogens is 240 g/mol. The summed E-state index contributed by atoms with van der Waals surface area (Å²) in [4.78, 5) is 15.2. The first kappa shape index (κ1) is 14.0. The topological polar surface area (TPSA) is 90.9 Å². The normalized spacial score (nSPS) is 14.8. The maximum atomic E-state index is 11.2. The van der Waals surface area contributed by atoms with Gasteiger partial charge in [0.05, 0.1) is 0 Å². The van der Waals surface area contributed by atoms with Crippen LogP contribution in [-0.2, 0) is 4.79 Å². The molecule has 17 heavy (non-hydrogen) atoms. The number of aromatic nitrogens is 3. The molecule has 0 amide bonds. The smallest absolute Gasteiger partial charge is 0.323 e. The molecular formula is C10H18N4O2S. The first-order valence-electron chi connectivity index (χ1n) is 5.43. The van der Waals surface area contributed by atoms with Crippen molar-refractivity contribution in [3.05, 3.63) is 6.33 Å². The van der Waals surface area contributed by atoms with Gasteiger partial charge in [-0.2, -0.15) is 5.10 Å². The predicted octanol–water partition coefficient (Wildman–Crippen LogP) is 1.13. The van der Waals surface area contributed by atoms with Gasteiger partial charge in [0, 0.05) is 11.8 Å². The summed E-state index contributed by atoms with van der Waals surface area (Å²) in [7, 11) is 0. The average Bonchev–Trinajstić information content (AvgIpc) is 2.69. The summed E-state index contributed by atoms with van der Waals surface area (Å²) in [5, 5.41) is 19.5. The maximum absolute atomic E-state index is 11.2. The molecule has 6 nitrogen and oxygen atoms in total. The van der Waals surface area contributed by atoms with E-state index in [1.165, 1.54) is 18.1 Å². The third kappa shape index (κ3) is 4.35. The number of aliphatic carboxylic acids is 1. The van der Waals surface area contributed by atoms with Crippen molar-refractivity contribution in [2.45, 2.75) is 43.9 Å². The molecule has 0 saturated carbocycles. The Morgan fingerprint density at radius 2 is 2.41 bits per heavy atom. The molecule has 96 valence electrons. The van der Waals surface area contributed by atoms with Crippen LogP contribution in [0.15, 0.2) is 11.5 Å². The summed E-state index contributed by atoms with van der Waals surface area (Å²) in [6.07, 6.45) is 1.96. The van der Waals surface area contributed by atoms with E-state index in [2.05, 4.69) is 20.5 Å². The Morgan fingerprint density at radius 3 is 2.88 bits per heavy atom. The Kier molecular flexibility index (Phi) is 4.95. The number of thioether (sulfide) groups is 1. The van der Waals surface area contributed by atoms with Crippen molar-refractivity contribution in [2.75, 3.05) is 5.75 Å². The van der Waals surface area contributed by atoms with Crippen molar-refractivity contribution in [2.24, 2.45) is 0 Å². The first-order valence-corrected chi connectivity index (χ1v) is 6.42. The second-order valence-electron chi connectivity index (χ2n) is 4.33. The lowest BCUT2D eigenvalue weighted by atomic mass is 9.98. The van der Waals surface area contributed by atoms with Crippen LogP contribution in [0.5, 0.6) is 0 Å². The van der Waals surface area contributed by atoms with Crippen LogP contribution < -0.4 is 5.32 Å². The van der Waals surface area contributed by atoms with Crippen LogP contribution in [-0.4, -0.2) is 43.6 Å². The van der Waals surface area contributed by atoms with Gasteiger partial charge in [0.2, 0.25) is 0 Å². The summed E-state index contributed by atoms with van der Waals surface area (Å²) in [5.41, 5.74) is -0.902. The number of nitrogens with zero attached hydrogens (tertiary/aromatic N) is 2. The molecule has 1 aromatic heterocycles. The van der Waals surface area contributed by atoms with E-state index in [1.807, 2.05) is 13.8 Å². The van der Waals surface area contributed by atoms with Gasteiger partial charge in [-0.1, -0.05) is 11.8 Å². The summed E-state index contributed by atoms with van der Waals surface area (Å²) in [6, 6.07) is 0.131. The summed E-state index contributed by atoms with van der Waals surface area (Å²) >= 11 is 1.47. The molecule has 0 fully saturated rings. The second-order valence-corrected chi connectivity index (χ2v) is 5.41. The van der Waals surface area contributed by atoms with E-state index < -0.39 is 11.5 Å². The van der Waals surface area contributed by atoms with E-state index in [4.69, 9.17) is 0 Å². The largest absolute Gasteiger partial charge is 0.480 e. The third-order valence-corrected chi connectivity index (χ3v) is 3.19. The van der Waals surface area contributed by atoms with Crippen molar-refractivity contribution in [3.63, 3.8) is 0 Å². The van der Waals surface area contributed by atoms with E-state index in [9.17, 15) is 9.90 Å². The molecule has 0 bridgehead atoms. The Bertz CT molecular complexity index is 355. The monoisotopic (exact) mass is 258 g/mol. The van der Waals surface area contributed by atoms with Gasteiger partial charge in [0.15, 0.2) is 5.16 Å². The second kappa shape index (κ2) is 6.02. The highest BCUT2D eigenvalue weighted by molar-refractivity contribution is 7.99. The molecule has 0 spiro atoms. The quantitative estimate of drug-likeness (QED) is 0.635. The van der Waals surface area contributed by atoms with E-state index in [-0.39, 0.29) is 6.04 Å². The van der Waals surface area contributed by atoms with Crippen LogP contribution in [0.1, 0.15) is 27.2 Å². The zero-order chi connectivity index (χ0) is 12.9. The molecule has 1 unspecified atom stereocenters. The highest BCUT2D eigenvalue weighted by Gasteiger charge is 2.32. The van der Waals surface area contributed by atoms with Crippen LogP contribution in [0.4, 0.5) is 0 Å². The fourth-order valence-electron chi connectivity index (χ4n) is 1.49. The molecule has 0 aliphatic heterocycles. The number of rotatable bonds is 7. The Balaban J connectivity index is 2.47. The summed E-state index contributed by atoms with van der Waals surface area (Å²) in [6.45, 7) is 5.58. The van der Waals surface area contributed by atoms with Gasteiger partial charge >= 0.3 is 5.97 Å². The highest BCUT2D eigenvalue weighted by Crippen LogP contribution is 2.19. The van der Waals surface area contributed by atoms with Gasteiger partial charge in [0.1, 0.15) is 11.9 Å². The van der Waals surface area contributed by atoms with Crippen molar-refractivity contribution < 1.29 is 9.90 Å². The SMILES string of the molecule is CC(C)NC(C)(CCSc1ncn[nH]1)C(=O)O. The molecule has 0 aromatic carbocycles. The molecule has 0 aliphatic carbocycles. The molecule has 1 atom stereocenters. The number of hydrogen-bond donors (Lipinski definition) is 3. The van der Waals surface area contributed by atoms with Gasteiger partial charge in [-0.3, -0.25) is 15.2 Å². The lowest BCUT2D eigenvalue weighted by Crippen LogP contribution is -2.52. The van der Waals surface area contributed by atoms with Crippen LogP contribution in [0.2, 0.25) is 0 Å². The molecule has 0 aliphatic rings. The lowest BCUT2D eigenvalue weighted by molar-refractivity contribution is -0.144. The third-order valence-electron chi connectivity index (χ3n) is 2.31. The van der Waals surface area contributed by atoms with Gasteiger partial charge in [-0.25, -0.2) is 4.98 Å². The summed E-state index contributed by atoms with van der Waals surface area (Å²) in [5.74, 6) is -0.165. The number of aromatic amines is 1. The molecule has 0 saturated heterocycles. The standard InChI is InChI=1S/C10H18N4O2S/c1-7(2)13-10(3,8(15)16)4-5-17-9-11-6-12-14-9/h6-7,13H,4-5H2,1-3H3,(H,15,16)(H,11,12,14). The van der Waals surface area contributed by atoms with Crippen molar-refractivity contribution >= 4 is 17.7 Å². The highest BCUT2D eigenvalue weighted by atomic mass is 32.2. The number of hydrogen-bond acceptors (Lipinski definition) is 5. The molecule has 7 heteroatoms. The number of nitrogens with one attached hydrogen (secondary N) is 2. The zero-order valence-electron chi connectivity index (χ0n) is 10.2. The van der Waals surface area contributed by atoms with Crippen LogP contribution in [0.25, 0.3) is 0 Å². The van der Waals surface area contributed by atoms with Gasteiger partial charge in [-0.05, 0) is 27.2 Å². The van der Waals surface area contributed by atoms with E-state index in [0.717, 1.165) is 0 Å². The molecule has 1 aromatic rings. The van der Waals surface area contributed by atoms with E-state index in [1.54, 1.807) is 6.92 Å².